The van der Waals surface area contributed by atoms with Gasteiger partial charge in [0.2, 0.25) is 0 Å². The van der Waals surface area contributed by atoms with E-state index in [1.54, 1.807) is 4.90 Å². The maximum atomic E-state index is 12.8. The predicted octanol–water partition coefficient (Wildman–Crippen LogP) is 2.20. The van der Waals surface area contributed by atoms with Crippen LogP contribution in [0.15, 0.2) is 48.6 Å². The van der Waals surface area contributed by atoms with E-state index in [0.29, 0.717) is 37.1 Å². The minimum absolute atomic E-state index is 0.335. The van der Waals surface area contributed by atoms with Crippen molar-refractivity contribution in [3.05, 3.63) is 59.7 Å². The van der Waals surface area contributed by atoms with Gasteiger partial charge in [0.15, 0.2) is 29.0 Å². The van der Waals surface area contributed by atoms with E-state index >= 15 is 0 Å². The summed E-state index contributed by atoms with van der Waals surface area (Å²) in [6, 6.07) is 6.36. The zero-order valence-corrected chi connectivity index (χ0v) is 19.5. The molecule has 0 amide bonds. The third-order valence-corrected chi connectivity index (χ3v) is 6.42. The Morgan fingerprint density at radius 3 is 1.65 bits per heavy atom. The Hall–Kier alpha value is -4.51. The number of aliphatic carboxylic acids is 1. The van der Waals surface area contributed by atoms with Crippen molar-refractivity contribution in [1.82, 2.24) is 4.90 Å². The van der Waals surface area contributed by atoms with E-state index in [-0.39, 0.29) is 11.5 Å². The molecule has 0 radical (unpaired) electrons. The number of aromatic hydroxyl groups is 4. The van der Waals surface area contributed by atoms with Gasteiger partial charge in [-0.05, 0) is 73.5 Å². The Bertz CT molecular complexity index is 1200. The molecule has 194 valence electrons. The lowest BCUT2D eigenvalue weighted by atomic mass is 9.77. The highest BCUT2D eigenvalue weighted by Crippen LogP contribution is 2.44. The average Bonchev–Trinajstić information content (AvgIpc) is 2.86. The van der Waals surface area contributed by atoms with Crippen LogP contribution in [-0.4, -0.2) is 73.3 Å². The number of piperidine rings is 3. The standard InChI is InChI=1S/C26H25NO10/c28-18-5-1-15(13-20(18)30)3-7-22(32)36-26(17-9-11-27(12-10-17)24(26)25(34)35)37-23(33)8-4-16-2-6-19(29)21(31)14-16/h1-8,13-14,17,24,28-31H,9-12H2,(H,34,35)/b7-3+,8-4+. The van der Waals surface area contributed by atoms with Crippen LogP contribution < -0.4 is 0 Å². The molecule has 11 heteroatoms. The van der Waals surface area contributed by atoms with Crippen LogP contribution in [0.5, 0.6) is 23.0 Å². The number of ether oxygens (including phenoxy) is 2. The summed E-state index contributed by atoms with van der Waals surface area (Å²) in [5.41, 5.74) is 0.726. The third kappa shape index (κ3) is 5.36. The summed E-state index contributed by atoms with van der Waals surface area (Å²) in [6.07, 6.45) is 5.49. The second-order valence-electron chi connectivity index (χ2n) is 8.78. The Morgan fingerprint density at radius 1 is 0.784 bits per heavy atom. The molecule has 3 heterocycles. The normalized spacial score (nSPS) is 22.2. The topological polar surface area (TPSA) is 174 Å². The van der Waals surface area contributed by atoms with Gasteiger partial charge >= 0.3 is 17.9 Å². The van der Waals surface area contributed by atoms with Gasteiger partial charge < -0.3 is 35.0 Å². The fourth-order valence-electron chi connectivity index (χ4n) is 4.66. The number of nitrogens with zero attached hydrogens (tertiary/aromatic N) is 1. The van der Waals surface area contributed by atoms with Gasteiger partial charge in [0.05, 0.1) is 0 Å². The van der Waals surface area contributed by atoms with E-state index < -0.39 is 47.2 Å². The summed E-state index contributed by atoms with van der Waals surface area (Å²) in [5, 5.41) is 48.1. The Morgan fingerprint density at radius 2 is 1.24 bits per heavy atom. The molecule has 11 nitrogen and oxygen atoms in total. The van der Waals surface area contributed by atoms with Gasteiger partial charge in [-0.25, -0.2) is 9.59 Å². The van der Waals surface area contributed by atoms with Crippen molar-refractivity contribution >= 4 is 30.1 Å². The lowest BCUT2D eigenvalue weighted by molar-refractivity contribution is -0.291. The first-order valence-electron chi connectivity index (χ1n) is 11.4. The van der Waals surface area contributed by atoms with Crippen LogP contribution in [0, 0.1) is 5.92 Å². The molecule has 5 N–H and O–H groups in total. The minimum Gasteiger partial charge on any atom is -0.504 e. The number of rotatable bonds is 7. The van der Waals surface area contributed by atoms with Gasteiger partial charge in [-0.1, -0.05) is 12.1 Å². The van der Waals surface area contributed by atoms with Gasteiger partial charge in [-0.2, -0.15) is 0 Å². The molecular weight excluding hydrogens is 486 g/mol. The zero-order chi connectivity index (χ0) is 26.7. The SMILES string of the molecule is O=C(/C=C/c1ccc(O)c(O)c1)OC1(OC(=O)/C=C/c2ccc(O)c(O)c2)C2CCN(CC2)C1C(=O)O. The van der Waals surface area contributed by atoms with Crippen molar-refractivity contribution in [2.24, 2.45) is 5.92 Å². The molecule has 2 aromatic carbocycles. The van der Waals surface area contributed by atoms with Crippen LogP contribution in [0.1, 0.15) is 24.0 Å². The lowest BCUT2D eigenvalue weighted by Crippen LogP contribution is -2.71. The number of carbonyl (C=O) groups is 3. The summed E-state index contributed by atoms with van der Waals surface area (Å²) >= 11 is 0. The molecule has 1 atom stereocenters. The summed E-state index contributed by atoms with van der Waals surface area (Å²) in [7, 11) is 0. The molecular formula is C26H25NO10. The first-order valence-corrected chi connectivity index (χ1v) is 11.4. The number of carboxylic acids is 1. The molecule has 3 aliphatic heterocycles. The number of fused-ring (bicyclic) bond motifs is 3. The van der Waals surface area contributed by atoms with Crippen LogP contribution in [0.25, 0.3) is 12.2 Å². The monoisotopic (exact) mass is 511 g/mol. The second kappa shape index (κ2) is 10.2. The number of benzene rings is 2. The third-order valence-electron chi connectivity index (χ3n) is 6.42. The lowest BCUT2D eigenvalue weighted by Gasteiger charge is -2.54. The molecule has 3 aliphatic rings. The molecule has 0 spiro atoms. The Labute approximate surface area is 211 Å². The highest BCUT2D eigenvalue weighted by atomic mass is 16.7. The predicted molar refractivity (Wildman–Crippen MR) is 128 cm³/mol. The minimum atomic E-state index is -2.10. The van der Waals surface area contributed by atoms with Crippen LogP contribution in [0.2, 0.25) is 0 Å². The fraction of sp³-hybridized carbons (Fsp3) is 0.269. The van der Waals surface area contributed by atoms with E-state index in [4.69, 9.17) is 9.47 Å². The number of hydrogen-bond donors (Lipinski definition) is 5. The Kier molecular flexibility index (Phi) is 7.07. The molecule has 3 saturated heterocycles. The molecule has 5 rings (SSSR count). The molecule has 2 aromatic rings. The average molecular weight is 511 g/mol. The Balaban J connectivity index is 1.60. The molecule has 0 aliphatic carbocycles. The van der Waals surface area contributed by atoms with E-state index in [1.165, 1.54) is 48.6 Å². The maximum Gasteiger partial charge on any atom is 0.334 e. The van der Waals surface area contributed by atoms with Crippen molar-refractivity contribution < 1.29 is 49.4 Å². The molecule has 3 fully saturated rings. The van der Waals surface area contributed by atoms with E-state index in [0.717, 1.165) is 12.2 Å². The first-order chi connectivity index (χ1) is 17.6. The van der Waals surface area contributed by atoms with Crippen molar-refractivity contribution in [3.8, 4) is 23.0 Å². The van der Waals surface area contributed by atoms with E-state index in [9.17, 15) is 39.9 Å². The molecule has 0 saturated carbocycles. The van der Waals surface area contributed by atoms with Crippen molar-refractivity contribution in [3.63, 3.8) is 0 Å². The summed E-state index contributed by atoms with van der Waals surface area (Å²) in [6.45, 7) is 0.869. The molecule has 0 aromatic heterocycles. The van der Waals surface area contributed by atoms with Crippen LogP contribution in [0.4, 0.5) is 0 Å². The van der Waals surface area contributed by atoms with Gasteiger partial charge in [0.1, 0.15) is 0 Å². The highest BCUT2D eigenvalue weighted by Gasteiger charge is 2.63. The highest BCUT2D eigenvalue weighted by molar-refractivity contribution is 5.90. The number of phenols is 4. The maximum absolute atomic E-state index is 12.8. The second-order valence-corrected chi connectivity index (χ2v) is 8.78. The molecule has 2 bridgehead atoms. The van der Waals surface area contributed by atoms with Crippen LogP contribution >= 0.6 is 0 Å². The molecule has 1 unspecified atom stereocenters. The van der Waals surface area contributed by atoms with Crippen molar-refractivity contribution in [2.75, 3.05) is 13.1 Å². The zero-order valence-electron chi connectivity index (χ0n) is 19.5. The van der Waals surface area contributed by atoms with Crippen LogP contribution in [0.3, 0.4) is 0 Å². The summed E-state index contributed by atoms with van der Waals surface area (Å²) in [5.74, 6) is -7.36. The fourth-order valence-corrected chi connectivity index (χ4v) is 4.66. The van der Waals surface area contributed by atoms with Gasteiger partial charge in [-0.15, -0.1) is 0 Å². The van der Waals surface area contributed by atoms with Gasteiger partial charge in [0.25, 0.3) is 5.79 Å². The van der Waals surface area contributed by atoms with E-state index in [1.807, 2.05) is 0 Å². The van der Waals surface area contributed by atoms with Crippen LogP contribution in [-0.2, 0) is 23.9 Å². The van der Waals surface area contributed by atoms with E-state index in [2.05, 4.69) is 0 Å². The van der Waals surface area contributed by atoms with Gasteiger partial charge in [-0.3, -0.25) is 9.69 Å². The number of hydrogen-bond acceptors (Lipinski definition) is 10. The number of esters is 2. The quantitative estimate of drug-likeness (QED) is 0.160. The smallest absolute Gasteiger partial charge is 0.334 e. The summed E-state index contributed by atoms with van der Waals surface area (Å²) < 4.78 is 11.2. The number of phenolic OH excluding ortho intramolecular Hbond substituents is 4. The summed E-state index contributed by atoms with van der Waals surface area (Å²) in [4.78, 5) is 39.5. The first kappa shape index (κ1) is 25.6. The van der Waals surface area contributed by atoms with Gasteiger partial charge in [0, 0.05) is 18.1 Å². The molecule has 37 heavy (non-hydrogen) atoms. The number of carbonyl (C=O) groups excluding carboxylic acids is 2. The number of carboxylic acid groups (broad SMARTS) is 1. The van der Waals surface area contributed by atoms with Crippen molar-refractivity contribution in [1.29, 1.82) is 0 Å². The van der Waals surface area contributed by atoms with Crippen molar-refractivity contribution in [2.45, 2.75) is 24.7 Å². The largest absolute Gasteiger partial charge is 0.504 e.